The topological polar surface area (TPSA) is 35.2 Å². The summed E-state index contributed by atoms with van der Waals surface area (Å²) >= 11 is 0. The lowest BCUT2D eigenvalue weighted by molar-refractivity contribution is -0.00991. The van der Waals surface area contributed by atoms with Crippen molar-refractivity contribution in [2.24, 2.45) is 11.7 Å². The highest BCUT2D eigenvalue weighted by Gasteiger charge is 2.30. The second-order valence-electron chi connectivity index (χ2n) is 5.52. The Bertz CT molecular complexity index is 432. The molecule has 0 spiro atoms. The molecule has 2 nitrogen and oxygen atoms in total. The number of nitrogens with two attached hydrogens (primary N) is 1. The van der Waals surface area contributed by atoms with Gasteiger partial charge in [0.15, 0.2) is 11.6 Å². The number of hydrogen-bond acceptors (Lipinski definition) is 2. The number of ether oxygens (including phenoxy) is 1. The Balaban J connectivity index is 2.16. The Morgan fingerprint density at radius 1 is 1.20 bits per heavy atom. The molecule has 1 fully saturated rings. The van der Waals surface area contributed by atoms with Gasteiger partial charge in [-0.15, -0.1) is 0 Å². The molecular weight excluding hydrogens is 260 g/mol. The maximum Gasteiger partial charge on any atom is 0.159 e. The van der Waals surface area contributed by atoms with Crippen molar-refractivity contribution in [1.29, 1.82) is 0 Å². The van der Waals surface area contributed by atoms with Gasteiger partial charge >= 0.3 is 0 Å². The van der Waals surface area contributed by atoms with Gasteiger partial charge < -0.3 is 10.5 Å². The van der Waals surface area contributed by atoms with E-state index in [1.165, 1.54) is 25.3 Å². The molecule has 2 atom stereocenters. The second-order valence-corrected chi connectivity index (χ2v) is 5.52. The molecule has 20 heavy (non-hydrogen) atoms. The molecule has 1 saturated carbocycles. The van der Waals surface area contributed by atoms with Crippen molar-refractivity contribution in [3.63, 3.8) is 0 Å². The first-order valence-electron chi connectivity index (χ1n) is 7.45. The van der Waals surface area contributed by atoms with E-state index in [1.54, 1.807) is 6.07 Å². The van der Waals surface area contributed by atoms with Crippen molar-refractivity contribution in [2.45, 2.75) is 51.2 Å². The predicted molar refractivity (Wildman–Crippen MR) is 75.3 cm³/mol. The van der Waals surface area contributed by atoms with E-state index in [0.29, 0.717) is 18.1 Å². The van der Waals surface area contributed by atoms with Crippen LogP contribution in [0.25, 0.3) is 0 Å². The van der Waals surface area contributed by atoms with E-state index in [-0.39, 0.29) is 6.10 Å². The van der Waals surface area contributed by atoms with Gasteiger partial charge in [-0.3, -0.25) is 0 Å². The molecule has 0 heterocycles. The monoisotopic (exact) mass is 283 g/mol. The van der Waals surface area contributed by atoms with Crippen LogP contribution in [-0.2, 0) is 4.74 Å². The molecule has 4 heteroatoms. The van der Waals surface area contributed by atoms with E-state index in [0.717, 1.165) is 18.9 Å². The van der Waals surface area contributed by atoms with Gasteiger partial charge in [0.1, 0.15) is 0 Å². The van der Waals surface area contributed by atoms with E-state index in [2.05, 4.69) is 0 Å². The van der Waals surface area contributed by atoms with Gasteiger partial charge in [0.2, 0.25) is 0 Å². The molecule has 0 bridgehead atoms. The fourth-order valence-electron chi connectivity index (χ4n) is 3.10. The quantitative estimate of drug-likeness (QED) is 0.888. The molecule has 112 valence electrons. The maximum atomic E-state index is 13.4. The van der Waals surface area contributed by atoms with E-state index < -0.39 is 17.7 Å². The van der Waals surface area contributed by atoms with Gasteiger partial charge in [0, 0.05) is 6.61 Å². The van der Waals surface area contributed by atoms with Crippen LogP contribution in [0, 0.1) is 17.6 Å². The Morgan fingerprint density at radius 2 is 1.90 bits per heavy atom. The van der Waals surface area contributed by atoms with Gasteiger partial charge in [-0.25, -0.2) is 8.78 Å². The smallest absolute Gasteiger partial charge is 0.159 e. The number of benzene rings is 1. The Morgan fingerprint density at radius 3 is 2.50 bits per heavy atom. The van der Waals surface area contributed by atoms with Crippen molar-refractivity contribution in [2.75, 3.05) is 6.61 Å². The van der Waals surface area contributed by atoms with Gasteiger partial charge in [-0.1, -0.05) is 25.3 Å². The van der Waals surface area contributed by atoms with Crippen molar-refractivity contribution in [1.82, 2.24) is 0 Å². The Hall–Kier alpha value is -1.00. The first kappa shape index (κ1) is 15.4. The first-order chi connectivity index (χ1) is 9.63. The minimum atomic E-state index is -0.850. The summed E-state index contributed by atoms with van der Waals surface area (Å²) in [6.07, 6.45) is 5.72. The molecule has 0 saturated heterocycles. The highest BCUT2D eigenvalue weighted by Crippen LogP contribution is 2.33. The summed E-state index contributed by atoms with van der Waals surface area (Å²) in [7, 11) is 0. The van der Waals surface area contributed by atoms with Gasteiger partial charge in [0.25, 0.3) is 0 Å². The van der Waals surface area contributed by atoms with Gasteiger partial charge in [0.05, 0.1) is 12.1 Å². The fraction of sp³-hybridized carbons (Fsp3) is 0.625. The molecule has 0 radical (unpaired) electrons. The van der Waals surface area contributed by atoms with E-state index in [9.17, 15) is 8.78 Å². The van der Waals surface area contributed by atoms with Crippen LogP contribution >= 0.6 is 0 Å². The third-order valence-electron chi connectivity index (χ3n) is 4.16. The maximum absolute atomic E-state index is 13.4. The van der Waals surface area contributed by atoms with E-state index in [1.807, 2.05) is 6.92 Å². The van der Waals surface area contributed by atoms with Crippen LogP contribution in [-0.4, -0.2) is 12.7 Å². The predicted octanol–water partition coefficient (Wildman–Crippen LogP) is 3.95. The molecule has 1 aliphatic rings. The highest BCUT2D eigenvalue weighted by molar-refractivity contribution is 5.22. The third-order valence-corrected chi connectivity index (χ3v) is 4.16. The Labute approximate surface area is 119 Å². The van der Waals surface area contributed by atoms with Crippen LogP contribution in [0.4, 0.5) is 8.78 Å². The van der Waals surface area contributed by atoms with E-state index in [4.69, 9.17) is 10.5 Å². The lowest BCUT2D eigenvalue weighted by atomic mass is 9.81. The minimum absolute atomic E-state index is 0.120. The summed E-state index contributed by atoms with van der Waals surface area (Å²) in [5.41, 5.74) is 6.87. The summed E-state index contributed by atoms with van der Waals surface area (Å²) in [6.45, 7) is 2.52. The van der Waals surface area contributed by atoms with Crippen LogP contribution in [0.15, 0.2) is 18.2 Å². The third kappa shape index (κ3) is 3.55. The summed E-state index contributed by atoms with van der Waals surface area (Å²) in [5, 5.41) is 0. The largest absolute Gasteiger partial charge is 0.376 e. The molecule has 0 amide bonds. The fourth-order valence-corrected chi connectivity index (χ4v) is 3.10. The molecule has 1 aromatic rings. The standard InChI is InChI=1S/C16H23F2NO/c1-2-20-16(11-6-4-3-5-7-11)15(19)12-8-9-13(17)14(18)10-12/h8-11,15-16H,2-7,19H2,1H3. The summed E-state index contributed by atoms with van der Waals surface area (Å²) < 4.78 is 32.2. The average Bonchev–Trinajstić information content (AvgIpc) is 2.48. The Kier molecular flexibility index (Phi) is 5.49. The minimum Gasteiger partial charge on any atom is -0.376 e. The lowest BCUT2D eigenvalue weighted by Gasteiger charge is -2.34. The van der Waals surface area contributed by atoms with Crippen molar-refractivity contribution < 1.29 is 13.5 Å². The van der Waals surface area contributed by atoms with Crippen LogP contribution < -0.4 is 5.73 Å². The highest BCUT2D eigenvalue weighted by atomic mass is 19.2. The molecule has 1 aliphatic carbocycles. The average molecular weight is 283 g/mol. The normalized spacial score (nSPS) is 19.8. The number of rotatable bonds is 5. The number of hydrogen-bond donors (Lipinski definition) is 1. The van der Waals surface area contributed by atoms with E-state index >= 15 is 0 Å². The van der Waals surface area contributed by atoms with Crippen molar-refractivity contribution in [3.05, 3.63) is 35.4 Å². The molecule has 2 unspecified atom stereocenters. The van der Waals surface area contributed by atoms with Crippen molar-refractivity contribution >= 4 is 0 Å². The SMILES string of the molecule is CCOC(C1CCCCC1)C(N)c1ccc(F)c(F)c1. The van der Waals surface area contributed by atoms with Crippen LogP contribution in [0.3, 0.4) is 0 Å². The van der Waals surface area contributed by atoms with Gasteiger partial charge in [-0.2, -0.15) is 0 Å². The number of halogens is 2. The van der Waals surface area contributed by atoms with Crippen LogP contribution in [0.1, 0.15) is 50.6 Å². The molecule has 1 aromatic carbocycles. The van der Waals surface area contributed by atoms with Gasteiger partial charge in [-0.05, 0) is 43.4 Å². The zero-order valence-electron chi connectivity index (χ0n) is 11.9. The second kappa shape index (κ2) is 7.14. The zero-order valence-corrected chi connectivity index (χ0v) is 11.9. The molecule has 0 aliphatic heterocycles. The summed E-state index contributed by atoms with van der Waals surface area (Å²) in [4.78, 5) is 0. The molecule has 2 N–H and O–H groups in total. The van der Waals surface area contributed by atoms with Crippen LogP contribution in [0.2, 0.25) is 0 Å². The lowest BCUT2D eigenvalue weighted by Crippen LogP contribution is -2.36. The summed E-state index contributed by atoms with van der Waals surface area (Å²) in [6, 6.07) is 3.47. The molecule has 2 rings (SSSR count). The van der Waals surface area contributed by atoms with Crippen LogP contribution in [0.5, 0.6) is 0 Å². The van der Waals surface area contributed by atoms with Crippen molar-refractivity contribution in [3.8, 4) is 0 Å². The zero-order chi connectivity index (χ0) is 14.5. The first-order valence-corrected chi connectivity index (χ1v) is 7.45. The molecule has 0 aromatic heterocycles. The summed E-state index contributed by atoms with van der Waals surface area (Å²) in [5.74, 6) is -1.28. The molecular formula is C16H23F2NO.